The van der Waals surface area contributed by atoms with Crippen LogP contribution in [0.5, 0.6) is 0 Å². The maximum Gasteiger partial charge on any atom is -0.00330 e. The SMILES string of the molecule is C1=C2CC=c3cccc4ccc(c2c34)=C1. The Morgan fingerprint density at radius 1 is 0.867 bits per heavy atom. The van der Waals surface area contributed by atoms with Gasteiger partial charge in [0.2, 0.25) is 0 Å². The Morgan fingerprint density at radius 3 is 2.87 bits per heavy atom. The maximum atomic E-state index is 2.34. The van der Waals surface area contributed by atoms with Crippen LogP contribution in [0.4, 0.5) is 0 Å². The molecule has 0 heteroatoms. The molecule has 0 aliphatic heterocycles. The van der Waals surface area contributed by atoms with Crippen molar-refractivity contribution in [2.75, 3.05) is 0 Å². The van der Waals surface area contributed by atoms with E-state index in [4.69, 9.17) is 0 Å². The summed E-state index contributed by atoms with van der Waals surface area (Å²) in [5.74, 6) is 0. The van der Waals surface area contributed by atoms with Crippen molar-refractivity contribution in [3.8, 4) is 0 Å². The molecule has 0 fully saturated rings. The van der Waals surface area contributed by atoms with Gasteiger partial charge in [0.1, 0.15) is 0 Å². The summed E-state index contributed by atoms with van der Waals surface area (Å²) in [5.41, 5.74) is 2.96. The van der Waals surface area contributed by atoms with Crippen molar-refractivity contribution in [3.63, 3.8) is 0 Å². The fourth-order valence-corrected chi connectivity index (χ4v) is 2.74. The lowest BCUT2D eigenvalue weighted by Gasteiger charge is -2.12. The van der Waals surface area contributed by atoms with Gasteiger partial charge in [-0.05, 0) is 38.8 Å². The molecule has 2 aliphatic rings. The second-order valence-corrected chi connectivity index (χ2v) is 4.24. The summed E-state index contributed by atoms with van der Waals surface area (Å²) in [6.07, 6.45) is 7.92. The van der Waals surface area contributed by atoms with Gasteiger partial charge in [-0.1, -0.05) is 48.6 Å². The maximum absolute atomic E-state index is 2.34. The van der Waals surface area contributed by atoms with Gasteiger partial charge < -0.3 is 0 Å². The number of allylic oxidation sites excluding steroid dienone is 2. The van der Waals surface area contributed by atoms with E-state index < -0.39 is 0 Å². The molecule has 0 heterocycles. The van der Waals surface area contributed by atoms with E-state index in [9.17, 15) is 0 Å². The largest absolute Gasteiger partial charge is 0.0722 e. The van der Waals surface area contributed by atoms with Gasteiger partial charge in [0.25, 0.3) is 0 Å². The molecule has 0 bridgehead atoms. The molecule has 0 saturated heterocycles. The van der Waals surface area contributed by atoms with Crippen molar-refractivity contribution < 1.29 is 0 Å². The van der Waals surface area contributed by atoms with Crippen molar-refractivity contribution in [3.05, 3.63) is 52.4 Å². The third-order valence-electron chi connectivity index (χ3n) is 3.44. The summed E-state index contributed by atoms with van der Waals surface area (Å²) in [6, 6.07) is 11.0. The van der Waals surface area contributed by atoms with Crippen LogP contribution < -0.4 is 10.4 Å². The molecule has 0 N–H and O–H groups in total. The van der Waals surface area contributed by atoms with Gasteiger partial charge in [-0.2, -0.15) is 0 Å². The standard InChI is InChI=1S/C15H10/c1-2-10-4-6-12-8-9-13-7-5-11(3-1)14(10)15(12)13/h1-6,8-9H,7H2. The number of benzene rings is 2. The summed E-state index contributed by atoms with van der Waals surface area (Å²) in [7, 11) is 0. The highest BCUT2D eigenvalue weighted by atomic mass is 14.2. The fraction of sp³-hybridized carbons (Fsp3) is 0.0667. The van der Waals surface area contributed by atoms with Gasteiger partial charge >= 0.3 is 0 Å². The van der Waals surface area contributed by atoms with Crippen molar-refractivity contribution in [2.45, 2.75) is 6.42 Å². The number of rotatable bonds is 0. The van der Waals surface area contributed by atoms with Gasteiger partial charge in [-0.25, -0.2) is 0 Å². The van der Waals surface area contributed by atoms with Crippen LogP contribution in [0.3, 0.4) is 0 Å². The molecule has 0 saturated carbocycles. The van der Waals surface area contributed by atoms with Gasteiger partial charge in [0, 0.05) is 0 Å². The zero-order valence-electron chi connectivity index (χ0n) is 8.33. The molecule has 2 aromatic rings. The Bertz CT molecular complexity index is 730. The molecule has 15 heavy (non-hydrogen) atoms. The predicted molar refractivity (Wildman–Crippen MR) is 64.7 cm³/mol. The second kappa shape index (κ2) is 2.40. The first-order valence-electron chi connectivity index (χ1n) is 5.37. The Hall–Kier alpha value is -1.82. The van der Waals surface area contributed by atoms with E-state index in [1.807, 2.05) is 0 Å². The molecular formula is C15H10. The van der Waals surface area contributed by atoms with E-state index >= 15 is 0 Å². The molecule has 0 amide bonds. The van der Waals surface area contributed by atoms with Crippen molar-refractivity contribution in [2.24, 2.45) is 0 Å². The lowest BCUT2D eigenvalue weighted by atomic mass is 9.91. The predicted octanol–water partition coefficient (Wildman–Crippen LogP) is 2.20. The molecule has 2 aliphatic carbocycles. The van der Waals surface area contributed by atoms with Crippen LogP contribution in [-0.2, 0) is 0 Å². The Labute approximate surface area is 87.9 Å². The van der Waals surface area contributed by atoms with Crippen molar-refractivity contribution >= 4 is 28.5 Å². The third kappa shape index (κ3) is 0.822. The first-order valence-corrected chi connectivity index (χ1v) is 5.37. The van der Waals surface area contributed by atoms with Crippen molar-refractivity contribution in [1.82, 2.24) is 0 Å². The zero-order chi connectivity index (χ0) is 9.83. The summed E-state index contributed by atoms with van der Waals surface area (Å²) >= 11 is 0. The van der Waals surface area contributed by atoms with Gasteiger partial charge in [0.05, 0.1) is 0 Å². The molecule has 0 nitrogen and oxygen atoms in total. The molecule has 0 unspecified atom stereocenters. The van der Waals surface area contributed by atoms with E-state index in [1.165, 1.54) is 32.3 Å². The van der Waals surface area contributed by atoms with Gasteiger partial charge in [-0.15, -0.1) is 0 Å². The van der Waals surface area contributed by atoms with E-state index in [0.717, 1.165) is 6.42 Å². The zero-order valence-corrected chi connectivity index (χ0v) is 8.33. The summed E-state index contributed by atoms with van der Waals surface area (Å²) < 4.78 is 0. The average Bonchev–Trinajstić information content (AvgIpc) is 2.71. The fourth-order valence-electron chi connectivity index (χ4n) is 2.74. The van der Waals surface area contributed by atoms with E-state index in [-0.39, 0.29) is 0 Å². The van der Waals surface area contributed by atoms with E-state index in [1.54, 1.807) is 0 Å². The molecular weight excluding hydrogens is 180 g/mol. The second-order valence-electron chi connectivity index (χ2n) is 4.24. The first-order chi connectivity index (χ1) is 7.43. The third-order valence-corrected chi connectivity index (χ3v) is 3.44. The highest BCUT2D eigenvalue weighted by Crippen LogP contribution is 2.28. The minimum atomic E-state index is 1.08. The lowest BCUT2D eigenvalue weighted by molar-refractivity contribution is 1.43. The Kier molecular flexibility index (Phi) is 1.20. The smallest absolute Gasteiger partial charge is 0.00330 e. The lowest BCUT2D eigenvalue weighted by Crippen LogP contribution is -2.14. The van der Waals surface area contributed by atoms with E-state index in [0.29, 0.717) is 0 Å². The van der Waals surface area contributed by atoms with Crippen LogP contribution in [0.2, 0.25) is 0 Å². The summed E-state index contributed by atoms with van der Waals surface area (Å²) in [6.45, 7) is 0. The summed E-state index contributed by atoms with van der Waals surface area (Å²) in [4.78, 5) is 0. The van der Waals surface area contributed by atoms with Gasteiger partial charge in [-0.3, -0.25) is 0 Å². The highest BCUT2D eigenvalue weighted by Gasteiger charge is 2.14. The Morgan fingerprint density at radius 2 is 1.87 bits per heavy atom. The van der Waals surface area contributed by atoms with Crippen LogP contribution >= 0.6 is 0 Å². The van der Waals surface area contributed by atoms with E-state index in [2.05, 4.69) is 48.6 Å². The molecule has 0 aromatic heterocycles. The number of hydrogen-bond donors (Lipinski definition) is 0. The topological polar surface area (TPSA) is 0 Å². The molecule has 70 valence electrons. The monoisotopic (exact) mass is 190 g/mol. The van der Waals surface area contributed by atoms with Crippen LogP contribution in [0.1, 0.15) is 12.0 Å². The molecule has 4 rings (SSSR count). The molecule has 0 atom stereocenters. The summed E-state index contributed by atoms with van der Waals surface area (Å²) in [5, 5.41) is 5.60. The average molecular weight is 190 g/mol. The Balaban J connectivity index is 2.44. The molecule has 0 spiro atoms. The van der Waals surface area contributed by atoms with Crippen LogP contribution in [0, 0.1) is 0 Å². The molecule has 0 radical (unpaired) electrons. The minimum Gasteiger partial charge on any atom is -0.0722 e. The first kappa shape index (κ1) is 7.47. The van der Waals surface area contributed by atoms with Crippen molar-refractivity contribution in [1.29, 1.82) is 0 Å². The van der Waals surface area contributed by atoms with Crippen LogP contribution in [0.25, 0.3) is 28.5 Å². The molecule has 2 aromatic carbocycles. The number of hydrogen-bond acceptors (Lipinski definition) is 0. The van der Waals surface area contributed by atoms with Crippen LogP contribution in [-0.4, -0.2) is 0 Å². The van der Waals surface area contributed by atoms with Crippen LogP contribution in [0.15, 0.2) is 36.4 Å². The normalized spacial score (nSPS) is 15.9. The quantitative estimate of drug-likeness (QED) is 0.597. The highest BCUT2D eigenvalue weighted by molar-refractivity contribution is 6.00. The minimum absolute atomic E-state index is 1.08. The van der Waals surface area contributed by atoms with Gasteiger partial charge in [0.15, 0.2) is 0 Å².